The number of anilines is 1. The van der Waals surface area contributed by atoms with Crippen LogP contribution in [0.4, 0.5) is 5.69 Å². The third kappa shape index (κ3) is 3.05. The zero-order valence-corrected chi connectivity index (χ0v) is 8.62. The molecule has 2 unspecified atom stereocenters. The van der Waals surface area contributed by atoms with Gasteiger partial charge in [0, 0.05) is 24.1 Å². The van der Waals surface area contributed by atoms with Crippen LogP contribution in [0, 0.1) is 5.92 Å². The average Bonchev–Trinajstić information content (AvgIpc) is 2.18. The SMILES string of the molecule is CCC(C)C(C)Nc1ccncc1. The van der Waals surface area contributed by atoms with E-state index in [1.165, 1.54) is 6.42 Å². The zero-order valence-electron chi connectivity index (χ0n) is 8.62. The van der Waals surface area contributed by atoms with Crippen LogP contribution in [0.2, 0.25) is 0 Å². The van der Waals surface area contributed by atoms with Gasteiger partial charge in [0.15, 0.2) is 0 Å². The molecule has 2 nitrogen and oxygen atoms in total. The van der Waals surface area contributed by atoms with Crippen LogP contribution in [0.1, 0.15) is 27.2 Å². The molecule has 1 rings (SSSR count). The maximum absolute atomic E-state index is 3.98. The van der Waals surface area contributed by atoms with E-state index >= 15 is 0 Å². The third-order valence-corrected chi connectivity index (χ3v) is 2.57. The minimum Gasteiger partial charge on any atom is -0.382 e. The van der Waals surface area contributed by atoms with Crippen LogP contribution in [0.5, 0.6) is 0 Å². The molecule has 0 spiro atoms. The summed E-state index contributed by atoms with van der Waals surface area (Å²) in [6, 6.07) is 4.52. The Morgan fingerprint density at radius 1 is 1.31 bits per heavy atom. The van der Waals surface area contributed by atoms with Crippen molar-refractivity contribution in [3.63, 3.8) is 0 Å². The van der Waals surface area contributed by atoms with Crippen molar-refractivity contribution in [2.45, 2.75) is 33.2 Å². The first-order valence-electron chi connectivity index (χ1n) is 4.90. The van der Waals surface area contributed by atoms with Gasteiger partial charge in [-0.25, -0.2) is 0 Å². The molecule has 0 saturated carbocycles. The summed E-state index contributed by atoms with van der Waals surface area (Å²) in [7, 11) is 0. The molecule has 72 valence electrons. The van der Waals surface area contributed by atoms with Gasteiger partial charge in [0.25, 0.3) is 0 Å². The number of nitrogens with zero attached hydrogens (tertiary/aromatic N) is 1. The molecule has 0 amide bonds. The minimum atomic E-state index is 0.521. The van der Waals surface area contributed by atoms with Gasteiger partial charge in [0.1, 0.15) is 0 Å². The van der Waals surface area contributed by atoms with Gasteiger partial charge in [-0.05, 0) is 25.0 Å². The van der Waals surface area contributed by atoms with E-state index in [9.17, 15) is 0 Å². The molecule has 2 heteroatoms. The van der Waals surface area contributed by atoms with E-state index < -0.39 is 0 Å². The van der Waals surface area contributed by atoms with E-state index in [0.717, 1.165) is 5.69 Å². The van der Waals surface area contributed by atoms with Gasteiger partial charge in [-0.3, -0.25) is 4.98 Å². The monoisotopic (exact) mass is 178 g/mol. The van der Waals surface area contributed by atoms with Crippen LogP contribution >= 0.6 is 0 Å². The Bertz CT molecular complexity index is 233. The summed E-state index contributed by atoms with van der Waals surface area (Å²) >= 11 is 0. The molecule has 0 aliphatic rings. The molecule has 0 bridgehead atoms. The van der Waals surface area contributed by atoms with Gasteiger partial charge >= 0.3 is 0 Å². The molecule has 1 heterocycles. The van der Waals surface area contributed by atoms with Gasteiger partial charge in [0.2, 0.25) is 0 Å². The normalized spacial score (nSPS) is 15.0. The Morgan fingerprint density at radius 3 is 2.46 bits per heavy atom. The highest BCUT2D eigenvalue weighted by molar-refractivity contribution is 5.41. The number of rotatable bonds is 4. The first-order chi connectivity index (χ1) is 6.24. The predicted molar refractivity (Wildman–Crippen MR) is 56.8 cm³/mol. The smallest absolute Gasteiger partial charge is 0.0373 e. The van der Waals surface area contributed by atoms with Crippen molar-refractivity contribution in [3.05, 3.63) is 24.5 Å². The summed E-state index contributed by atoms with van der Waals surface area (Å²) < 4.78 is 0. The highest BCUT2D eigenvalue weighted by Crippen LogP contribution is 2.13. The number of nitrogens with one attached hydrogen (secondary N) is 1. The maximum Gasteiger partial charge on any atom is 0.0373 e. The Kier molecular flexibility index (Phi) is 3.74. The second-order valence-electron chi connectivity index (χ2n) is 3.55. The van der Waals surface area contributed by atoms with Gasteiger partial charge in [0.05, 0.1) is 0 Å². The summed E-state index contributed by atoms with van der Waals surface area (Å²) in [5.74, 6) is 0.702. The number of hydrogen-bond donors (Lipinski definition) is 1. The second-order valence-corrected chi connectivity index (χ2v) is 3.55. The fourth-order valence-corrected chi connectivity index (χ4v) is 1.21. The number of pyridine rings is 1. The molecular formula is C11H18N2. The molecule has 2 atom stereocenters. The topological polar surface area (TPSA) is 24.9 Å². The first kappa shape index (κ1) is 10.0. The van der Waals surface area contributed by atoms with E-state index in [2.05, 4.69) is 31.1 Å². The van der Waals surface area contributed by atoms with Crippen molar-refractivity contribution in [1.82, 2.24) is 4.98 Å². The molecule has 0 saturated heterocycles. The second kappa shape index (κ2) is 4.85. The Morgan fingerprint density at radius 2 is 1.92 bits per heavy atom. The lowest BCUT2D eigenvalue weighted by molar-refractivity contribution is 0.494. The quantitative estimate of drug-likeness (QED) is 0.766. The molecule has 1 aromatic heterocycles. The van der Waals surface area contributed by atoms with Crippen molar-refractivity contribution in [1.29, 1.82) is 0 Å². The van der Waals surface area contributed by atoms with Crippen molar-refractivity contribution >= 4 is 5.69 Å². The molecule has 13 heavy (non-hydrogen) atoms. The molecule has 0 aliphatic heterocycles. The highest BCUT2D eigenvalue weighted by Gasteiger charge is 2.08. The van der Waals surface area contributed by atoms with E-state index in [-0.39, 0.29) is 0 Å². The summed E-state index contributed by atoms with van der Waals surface area (Å²) in [4.78, 5) is 3.98. The van der Waals surface area contributed by atoms with Crippen LogP contribution < -0.4 is 5.32 Å². The standard InChI is InChI=1S/C11H18N2/c1-4-9(2)10(3)13-11-5-7-12-8-6-11/h5-10H,4H2,1-3H3,(H,12,13). The van der Waals surface area contributed by atoms with Crippen LogP contribution in [-0.2, 0) is 0 Å². The van der Waals surface area contributed by atoms with Crippen molar-refractivity contribution < 1.29 is 0 Å². The minimum absolute atomic E-state index is 0.521. The third-order valence-electron chi connectivity index (χ3n) is 2.57. The largest absolute Gasteiger partial charge is 0.382 e. The van der Waals surface area contributed by atoms with E-state index in [4.69, 9.17) is 0 Å². The molecule has 0 radical (unpaired) electrons. The van der Waals surface area contributed by atoms with Crippen LogP contribution in [-0.4, -0.2) is 11.0 Å². The first-order valence-corrected chi connectivity index (χ1v) is 4.90. The van der Waals surface area contributed by atoms with Crippen molar-refractivity contribution in [3.8, 4) is 0 Å². The average molecular weight is 178 g/mol. The molecule has 0 fully saturated rings. The van der Waals surface area contributed by atoms with Crippen LogP contribution in [0.15, 0.2) is 24.5 Å². The lowest BCUT2D eigenvalue weighted by Gasteiger charge is -2.20. The molecule has 1 aromatic rings. The summed E-state index contributed by atoms with van der Waals surface area (Å²) in [6.07, 6.45) is 4.83. The van der Waals surface area contributed by atoms with E-state index in [1.54, 1.807) is 0 Å². The summed E-state index contributed by atoms with van der Waals surface area (Å²) in [5, 5.41) is 3.45. The molecule has 1 N–H and O–H groups in total. The molecule has 0 aromatic carbocycles. The Labute approximate surface area is 80.4 Å². The van der Waals surface area contributed by atoms with Gasteiger partial charge < -0.3 is 5.32 Å². The van der Waals surface area contributed by atoms with Crippen LogP contribution in [0.25, 0.3) is 0 Å². The lowest BCUT2D eigenvalue weighted by atomic mass is 10.0. The van der Waals surface area contributed by atoms with Gasteiger partial charge in [-0.2, -0.15) is 0 Å². The Hall–Kier alpha value is -1.05. The maximum atomic E-state index is 3.98. The predicted octanol–water partition coefficient (Wildman–Crippen LogP) is 2.93. The Balaban J connectivity index is 2.50. The van der Waals surface area contributed by atoms with Crippen molar-refractivity contribution in [2.75, 3.05) is 5.32 Å². The molecular weight excluding hydrogens is 160 g/mol. The molecule has 0 aliphatic carbocycles. The van der Waals surface area contributed by atoms with E-state index in [0.29, 0.717) is 12.0 Å². The van der Waals surface area contributed by atoms with Gasteiger partial charge in [-0.1, -0.05) is 20.3 Å². The fraction of sp³-hybridized carbons (Fsp3) is 0.545. The summed E-state index contributed by atoms with van der Waals surface area (Å²) in [6.45, 7) is 6.70. The zero-order chi connectivity index (χ0) is 9.68. The van der Waals surface area contributed by atoms with Crippen LogP contribution in [0.3, 0.4) is 0 Å². The highest BCUT2D eigenvalue weighted by atomic mass is 14.9. The fourth-order valence-electron chi connectivity index (χ4n) is 1.21. The van der Waals surface area contributed by atoms with Gasteiger partial charge in [-0.15, -0.1) is 0 Å². The number of hydrogen-bond acceptors (Lipinski definition) is 2. The van der Waals surface area contributed by atoms with Crippen molar-refractivity contribution in [2.24, 2.45) is 5.92 Å². The number of aromatic nitrogens is 1. The summed E-state index contributed by atoms with van der Waals surface area (Å²) in [5.41, 5.74) is 1.16. The van der Waals surface area contributed by atoms with E-state index in [1.807, 2.05) is 24.5 Å². The lowest BCUT2D eigenvalue weighted by Crippen LogP contribution is -2.23.